The Morgan fingerprint density at radius 1 is 1.35 bits per heavy atom. The van der Waals surface area contributed by atoms with Crippen LogP contribution >= 0.6 is 0 Å². The standard InChI is InChI=1S/C17H21FN4O/c1-23-15-5-6-16(18)13(10-15)11-21-14-4-2-9-22(12-14)17-19-7-3-8-20-17/h3,5-8,10,14,21H,2,4,9,11-12H2,1H3/t14-/m0/s1. The zero-order valence-electron chi connectivity index (χ0n) is 13.2. The average molecular weight is 316 g/mol. The van der Waals surface area contributed by atoms with Crippen LogP contribution < -0.4 is 15.0 Å². The van der Waals surface area contributed by atoms with Gasteiger partial charge in [-0.25, -0.2) is 14.4 Å². The molecule has 1 aromatic carbocycles. The quantitative estimate of drug-likeness (QED) is 0.918. The van der Waals surface area contributed by atoms with Crippen LogP contribution in [-0.2, 0) is 6.54 Å². The molecule has 0 unspecified atom stereocenters. The second-order valence-corrected chi connectivity index (χ2v) is 5.67. The van der Waals surface area contributed by atoms with Crippen molar-refractivity contribution in [3.05, 3.63) is 48.0 Å². The van der Waals surface area contributed by atoms with Gasteiger partial charge >= 0.3 is 0 Å². The first-order valence-corrected chi connectivity index (χ1v) is 7.84. The first-order valence-electron chi connectivity index (χ1n) is 7.84. The first-order chi connectivity index (χ1) is 11.3. The number of piperidine rings is 1. The zero-order valence-corrected chi connectivity index (χ0v) is 13.2. The van der Waals surface area contributed by atoms with Gasteiger partial charge in [-0.3, -0.25) is 0 Å². The second kappa shape index (κ2) is 7.37. The van der Waals surface area contributed by atoms with Crippen molar-refractivity contribution in [2.45, 2.75) is 25.4 Å². The predicted molar refractivity (Wildman–Crippen MR) is 87.1 cm³/mol. The number of methoxy groups -OCH3 is 1. The molecular weight excluding hydrogens is 295 g/mol. The van der Waals surface area contributed by atoms with E-state index in [1.54, 1.807) is 31.6 Å². The van der Waals surface area contributed by atoms with Crippen molar-refractivity contribution in [2.24, 2.45) is 0 Å². The van der Waals surface area contributed by atoms with E-state index in [9.17, 15) is 4.39 Å². The highest BCUT2D eigenvalue weighted by molar-refractivity contribution is 5.31. The lowest BCUT2D eigenvalue weighted by atomic mass is 10.1. The van der Waals surface area contributed by atoms with Crippen molar-refractivity contribution in [1.29, 1.82) is 0 Å². The molecule has 1 aromatic heterocycles. The fourth-order valence-electron chi connectivity index (χ4n) is 2.85. The molecule has 2 heterocycles. The summed E-state index contributed by atoms with van der Waals surface area (Å²) in [6.45, 7) is 2.27. The molecule has 1 atom stereocenters. The van der Waals surface area contributed by atoms with Crippen LogP contribution in [0.15, 0.2) is 36.7 Å². The molecule has 0 aliphatic carbocycles. The highest BCUT2D eigenvalue weighted by atomic mass is 19.1. The van der Waals surface area contributed by atoms with Crippen LogP contribution in [0.3, 0.4) is 0 Å². The van der Waals surface area contributed by atoms with Crippen LogP contribution in [0.2, 0.25) is 0 Å². The van der Waals surface area contributed by atoms with E-state index in [4.69, 9.17) is 4.74 Å². The normalized spacial score (nSPS) is 18.0. The van der Waals surface area contributed by atoms with Crippen molar-refractivity contribution in [2.75, 3.05) is 25.1 Å². The molecule has 1 N–H and O–H groups in total. The van der Waals surface area contributed by atoms with Crippen LogP contribution in [0, 0.1) is 5.82 Å². The number of nitrogens with zero attached hydrogens (tertiary/aromatic N) is 3. The summed E-state index contributed by atoms with van der Waals surface area (Å²) in [5.74, 6) is 1.22. The number of halogens is 1. The SMILES string of the molecule is COc1ccc(F)c(CN[C@H]2CCCN(c3ncccn3)C2)c1. The Labute approximate surface area is 135 Å². The van der Waals surface area contributed by atoms with Crippen molar-refractivity contribution < 1.29 is 9.13 Å². The molecule has 23 heavy (non-hydrogen) atoms. The fraction of sp³-hybridized carbons (Fsp3) is 0.412. The average Bonchev–Trinajstić information content (AvgIpc) is 2.62. The van der Waals surface area contributed by atoms with Crippen LogP contribution in [0.25, 0.3) is 0 Å². The van der Waals surface area contributed by atoms with E-state index in [0.29, 0.717) is 17.9 Å². The Morgan fingerprint density at radius 3 is 2.96 bits per heavy atom. The molecule has 0 saturated carbocycles. The van der Waals surface area contributed by atoms with Gasteiger partial charge in [-0.2, -0.15) is 0 Å². The van der Waals surface area contributed by atoms with Crippen molar-refractivity contribution in [3.63, 3.8) is 0 Å². The lowest BCUT2D eigenvalue weighted by Crippen LogP contribution is -2.46. The molecular formula is C17H21FN4O. The van der Waals surface area contributed by atoms with Gasteiger partial charge in [0.05, 0.1) is 7.11 Å². The van der Waals surface area contributed by atoms with Crippen LogP contribution in [-0.4, -0.2) is 36.2 Å². The van der Waals surface area contributed by atoms with E-state index in [2.05, 4.69) is 20.2 Å². The summed E-state index contributed by atoms with van der Waals surface area (Å²) >= 11 is 0. The summed E-state index contributed by atoms with van der Waals surface area (Å²) in [7, 11) is 1.59. The van der Waals surface area contributed by atoms with E-state index in [0.717, 1.165) is 31.9 Å². The van der Waals surface area contributed by atoms with Crippen molar-refractivity contribution in [3.8, 4) is 5.75 Å². The minimum Gasteiger partial charge on any atom is -0.497 e. The van der Waals surface area contributed by atoms with E-state index in [1.807, 2.05) is 6.07 Å². The Bertz CT molecular complexity index is 638. The molecule has 6 heteroatoms. The van der Waals surface area contributed by atoms with Crippen molar-refractivity contribution in [1.82, 2.24) is 15.3 Å². The highest BCUT2D eigenvalue weighted by Crippen LogP contribution is 2.18. The third-order valence-corrected chi connectivity index (χ3v) is 4.09. The fourth-order valence-corrected chi connectivity index (χ4v) is 2.85. The molecule has 0 radical (unpaired) electrons. The van der Waals surface area contributed by atoms with Gasteiger partial charge in [-0.05, 0) is 37.1 Å². The predicted octanol–water partition coefficient (Wildman–Crippen LogP) is 2.38. The van der Waals surface area contributed by atoms with Crippen LogP contribution in [0.4, 0.5) is 10.3 Å². The molecule has 0 spiro atoms. The topological polar surface area (TPSA) is 50.3 Å². The van der Waals surface area contributed by atoms with E-state index < -0.39 is 0 Å². The lowest BCUT2D eigenvalue weighted by molar-refractivity contribution is 0.405. The molecule has 2 aromatic rings. The minimum atomic E-state index is -0.211. The van der Waals surface area contributed by atoms with Gasteiger partial charge in [0.1, 0.15) is 11.6 Å². The highest BCUT2D eigenvalue weighted by Gasteiger charge is 2.21. The monoisotopic (exact) mass is 316 g/mol. The molecule has 1 aliphatic heterocycles. The molecule has 1 fully saturated rings. The Hall–Kier alpha value is -2.21. The lowest BCUT2D eigenvalue weighted by Gasteiger charge is -2.33. The van der Waals surface area contributed by atoms with Crippen LogP contribution in [0.5, 0.6) is 5.75 Å². The molecule has 5 nitrogen and oxygen atoms in total. The number of hydrogen-bond acceptors (Lipinski definition) is 5. The number of benzene rings is 1. The maximum atomic E-state index is 13.9. The molecule has 3 rings (SSSR count). The molecule has 1 saturated heterocycles. The Morgan fingerprint density at radius 2 is 2.17 bits per heavy atom. The summed E-state index contributed by atoms with van der Waals surface area (Å²) in [5.41, 5.74) is 0.623. The summed E-state index contributed by atoms with van der Waals surface area (Å²) in [6.07, 6.45) is 5.64. The first kappa shape index (κ1) is 15.7. The summed E-state index contributed by atoms with van der Waals surface area (Å²) in [5, 5.41) is 3.44. The van der Waals surface area contributed by atoms with Gasteiger partial charge in [0.25, 0.3) is 0 Å². The Balaban J connectivity index is 1.60. The molecule has 0 amide bonds. The number of ether oxygens (including phenoxy) is 1. The maximum absolute atomic E-state index is 13.9. The number of rotatable bonds is 5. The summed E-state index contributed by atoms with van der Waals surface area (Å²) in [6, 6.07) is 6.92. The number of nitrogens with one attached hydrogen (secondary N) is 1. The van der Waals surface area contributed by atoms with E-state index >= 15 is 0 Å². The van der Waals surface area contributed by atoms with E-state index in [-0.39, 0.29) is 11.9 Å². The smallest absolute Gasteiger partial charge is 0.225 e. The Kier molecular flexibility index (Phi) is 5.02. The maximum Gasteiger partial charge on any atom is 0.225 e. The number of hydrogen-bond donors (Lipinski definition) is 1. The summed E-state index contributed by atoms with van der Waals surface area (Å²) < 4.78 is 19.0. The molecule has 0 bridgehead atoms. The largest absolute Gasteiger partial charge is 0.497 e. The zero-order chi connectivity index (χ0) is 16.1. The third kappa shape index (κ3) is 3.96. The number of aromatic nitrogens is 2. The van der Waals surface area contributed by atoms with Gasteiger partial charge in [0, 0.05) is 43.6 Å². The second-order valence-electron chi connectivity index (χ2n) is 5.67. The summed E-state index contributed by atoms with van der Waals surface area (Å²) in [4.78, 5) is 10.8. The van der Waals surface area contributed by atoms with Gasteiger partial charge in [0.15, 0.2) is 0 Å². The van der Waals surface area contributed by atoms with Crippen LogP contribution in [0.1, 0.15) is 18.4 Å². The number of anilines is 1. The van der Waals surface area contributed by atoms with Gasteiger partial charge < -0.3 is 15.0 Å². The van der Waals surface area contributed by atoms with E-state index in [1.165, 1.54) is 6.07 Å². The van der Waals surface area contributed by atoms with Gasteiger partial charge in [-0.1, -0.05) is 0 Å². The van der Waals surface area contributed by atoms with Crippen molar-refractivity contribution >= 4 is 5.95 Å². The minimum absolute atomic E-state index is 0.211. The van der Waals surface area contributed by atoms with Gasteiger partial charge in [0.2, 0.25) is 5.95 Å². The van der Waals surface area contributed by atoms with Gasteiger partial charge in [-0.15, -0.1) is 0 Å². The molecule has 122 valence electrons. The third-order valence-electron chi connectivity index (χ3n) is 4.09. The molecule has 1 aliphatic rings.